The van der Waals surface area contributed by atoms with Crippen molar-refractivity contribution in [2.45, 2.75) is 26.8 Å². The molecule has 1 rings (SSSR count). The molecule has 0 bridgehead atoms. The lowest BCUT2D eigenvalue weighted by Gasteiger charge is -2.36. The summed E-state index contributed by atoms with van der Waals surface area (Å²) in [5.41, 5.74) is 0. The maximum Gasteiger partial charge on any atom is 0.191 e. The molecule has 0 aromatic heterocycles. The Morgan fingerprint density at radius 1 is 1.33 bits per heavy atom. The number of guanidine groups is 1. The monoisotopic (exact) mass is 470 g/mol. The number of nitrogens with one attached hydrogen (secondary N) is 2. The fourth-order valence-electron chi connectivity index (χ4n) is 2.59. The van der Waals surface area contributed by atoms with Crippen molar-refractivity contribution in [3.8, 4) is 0 Å². The third-order valence-electron chi connectivity index (χ3n) is 3.84. The number of nitrogens with zero attached hydrogens (tertiary/aromatic N) is 2. The quantitative estimate of drug-likeness (QED) is 0.169. The van der Waals surface area contributed by atoms with Gasteiger partial charge in [-0.25, -0.2) is 0 Å². The first-order valence-electron chi connectivity index (χ1n) is 8.71. The van der Waals surface area contributed by atoms with Crippen molar-refractivity contribution in [2.75, 3.05) is 57.4 Å². The van der Waals surface area contributed by atoms with Gasteiger partial charge in [-0.3, -0.25) is 9.89 Å². The Bertz CT molecular complexity index is 349. The molecule has 1 heterocycles. The minimum atomic E-state index is 0. The molecule has 0 aromatic carbocycles. The van der Waals surface area contributed by atoms with E-state index in [0.717, 1.165) is 63.4 Å². The zero-order chi connectivity index (χ0) is 16.9. The van der Waals surface area contributed by atoms with Crippen LogP contribution in [0.15, 0.2) is 17.6 Å². The van der Waals surface area contributed by atoms with Crippen LogP contribution in [0.1, 0.15) is 20.8 Å². The van der Waals surface area contributed by atoms with Crippen molar-refractivity contribution in [3.05, 3.63) is 12.7 Å². The molecular weight excluding hydrogens is 435 g/mol. The van der Waals surface area contributed by atoms with Gasteiger partial charge in [0.05, 0.1) is 19.8 Å². The second-order valence-electron chi connectivity index (χ2n) is 5.97. The van der Waals surface area contributed by atoms with Crippen molar-refractivity contribution in [3.63, 3.8) is 0 Å². The number of ether oxygens (including phenoxy) is 1. The van der Waals surface area contributed by atoms with Crippen LogP contribution in [0.4, 0.5) is 0 Å². The van der Waals surface area contributed by atoms with E-state index in [1.807, 2.05) is 17.8 Å². The van der Waals surface area contributed by atoms with Gasteiger partial charge < -0.3 is 15.4 Å². The number of aliphatic imine (C=N–C) groups is 1. The highest BCUT2D eigenvalue weighted by Crippen LogP contribution is 2.13. The smallest absolute Gasteiger partial charge is 0.191 e. The molecule has 0 spiro atoms. The zero-order valence-corrected chi connectivity index (χ0v) is 18.6. The summed E-state index contributed by atoms with van der Waals surface area (Å²) in [7, 11) is 0. The van der Waals surface area contributed by atoms with Crippen molar-refractivity contribution in [2.24, 2.45) is 10.9 Å². The molecule has 7 heteroatoms. The highest BCUT2D eigenvalue weighted by Gasteiger charge is 2.23. The van der Waals surface area contributed by atoms with Gasteiger partial charge in [0.1, 0.15) is 0 Å². The van der Waals surface area contributed by atoms with Crippen LogP contribution >= 0.6 is 35.7 Å². The van der Waals surface area contributed by atoms with E-state index in [0.29, 0.717) is 12.0 Å². The van der Waals surface area contributed by atoms with Crippen molar-refractivity contribution >= 4 is 41.7 Å². The van der Waals surface area contributed by atoms with Gasteiger partial charge in [0.25, 0.3) is 0 Å². The van der Waals surface area contributed by atoms with Crippen LogP contribution in [0.25, 0.3) is 0 Å². The summed E-state index contributed by atoms with van der Waals surface area (Å²) in [6.45, 7) is 16.7. The van der Waals surface area contributed by atoms with E-state index in [9.17, 15) is 0 Å². The lowest BCUT2D eigenvalue weighted by atomic mass is 10.0. The van der Waals surface area contributed by atoms with Gasteiger partial charge in [-0.2, -0.15) is 11.8 Å². The summed E-state index contributed by atoms with van der Waals surface area (Å²) in [6, 6.07) is 0.476. The summed E-state index contributed by atoms with van der Waals surface area (Å²) in [6.07, 6.45) is 1.94. The Morgan fingerprint density at radius 3 is 2.62 bits per heavy atom. The molecule has 1 aliphatic rings. The van der Waals surface area contributed by atoms with Crippen LogP contribution in [-0.4, -0.2) is 74.3 Å². The Labute approximate surface area is 169 Å². The van der Waals surface area contributed by atoms with E-state index >= 15 is 0 Å². The number of rotatable bonds is 10. The Morgan fingerprint density at radius 2 is 2.04 bits per heavy atom. The summed E-state index contributed by atoms with van der Waals surface area (Å²) < 4.78 is 5.47. The van der Waals surface area contributed by atoms with Crippen LogP contribution < -0.4 is 10.6 Å². The first-order chi connectivity index (χ1) is 11.2. The predicted octanol–water partition coefficient (Wildman–Crippen LogP) is 2.44. The lowest BCUT2D eigenvalue weighted by molar-refractivity contribution is 0.00867. The van der Waals surface area contributed by atoms with E-state index in [-0.39, 0.29) is 24.0 Å². The average Bonchev–Trinajstić information content (AvgIpc) is 2.55. The third-order valence-corrected chi connectivity index (χ3v) is 4.80. The third kappa shape index (κ3) is 10.1. The van der Waals surface area contributed by atoms with Crippen molar-refractivity contribution in [1.29, 1.82) is 0 Å². The van der Waals surface area contributed by atoms with E-state index in [1.165, 1.54) is 0 Å². The van der Waals surface area contributed by atoms with Crippen LogP contribution in [0, 0.1) is 5.92 Å². The molecule has 1 fully saturated rings. The van der Waals surface area contributed by atoms with Gasteiger partial charge in [0.15, 0.2) is 5.96 Å². The molecule has 1 saturated heterocycles. The van der Waals surface area contributed by atoms with Crippen molar-refractivity contribution < 1.29 is 4.74 Å². The molecule has 0 saturated carbocycles. The average molecular weight is 470 g/mol. The number of hydrogen-bond acceptors (Lipinski definition) is 4. The predicted molar refractivity (Wildman–Crippen MR) is 118 cm³/mol. The van der Waals surface area contributed by atoms with Gasteiger partial charge in [0.2, 0.25) is 0 Å². The second-order valence-corrected chi connectivity index (χ2v) is 7.12. The fourth-order valence-corrected chi connectivity index (χ4v) is 3.17. The zero-order valence-electron chi connectivity index (χ0n) is 15.4. The van der Waals surface area contributed by atoms with E-state index in [2.05, 4.69) is 42.9 Å². The Hall–Kier alpha value is 0.0100. The standard InChI is InChI=1S/C17H34N4OS.HI/c1-5-12-23-13-7-19-17(18-6-2)20-14-16(15(3)4)21-8-10-22-11-9-21;/h5,15-16H,1,6-14H2,2-4H3,(H2,18,19,20);1H. The summed E-state index contributed by atoms with van der Waals surface area (Å²) in [4.78, 5) is 7.33. The molecule has 0 amide bonds. The highest BCUT2D eigenvalue weighted by molar-refractivity contribution is 14.0. The van der Waals surface area contributed by atoms with E-state index in [4.69, 9.17) is 9.73 Å². The molecule has 1 atom stereocenters. The first-order valence-corrected chi connectivity index (χ1v) is 9.87. The summed E-state index contributed by atoms with van der Waals surface area (Å²) in [5, 5.41) is 6.75. The fraction of sp³-hybridized carbons (Fsp3) is 0.824. The van der Waals surface area contributed by atoms with Gasteiger partial charge in [-0.1, -0.05) is 19.9 Å². The van der Waals surface area contributed by atoms with Gasteiger partial charge in [-0.05, 0) is 12.8 Å². The maximum atomic E-state index is 5.47. The molecule has 142 valence electrons. The molecule has 1 aliphatic heterocycles. The number of thioether (sulfide) groups is 1. The van der Waals surface area contributed by atoms with Gasteiger partial charge >= 0.3 is 0 Å². The number of morpholine rings is 1. The molecular formula is C17H35IN4OS. The van der Waals surface area contributed by atoms with Gasteiger partial charge in [-0.15, -0.1) is 30.6 Å². The molecule has 1 unspecified atom stereocenters. The van der Waals surface area contributed by atoms with E-state index in [1.54, 1.807) is 0 Å². The molecule has 0 aromatic rings. The lowest BCUT2D eigenvalue weighted by Crippen LogP contribution is -2.48. The topological polar surface area (TPSA) is 48.9 Å². The van der Waals surface area contributed by atoms with Crippen molar-refractivity contribution in [1.82, 2.24) is 15.5 Å². The number of halogens is 1. The van der Waals surface area contributed by atoms with Crippen LogP contribution in [0.2, 0.25) is 0 Å². The second kappa shape index (κ2) is 15.3. The first kappa shape index (κ1) is 24.0. The molecule has 5 nitrogen and oxygen atoms in total. The minimum absolute atomic E-state index is 0. The summed E-state index contributed by atoms with van der Waals surface area (Å²) >= 11 is 1.88. The molecule has 2 N–H and O–H groups in total. The summed E-state index contributed by atoms with van der Waals surface area (Å²) in [5.74, 6) is 3.57. The van der Waals surface area contributed by atoms with Crippen LogP contribution in [0.3, 0.4) is 0 Å². The van der Waals surface area contributed by atoms with Crippen LogP contribution in [0.5, 0.6) is 0 Å². The minimum Gasteiger partial charge on any atom is -0.379 e. The SMILES string of the molecule is C=CCSCCNC(=NCC(C(C)C)N1CCOCC1)NCC.I. The largest absolute Gasteiger partial charge is 0.379 e. The molecule has 0 aliphatic carbocycles. The van der Waals surface area contributed by atoms with Crippen LogP contribution in [-0.2, 0) is 4.74 Å². The van der Waals surface area contributed by atoms with E-state index < -0.39 is 0 Å². The molecule has 24 heavy (non-hydrogen) atoms. The maximum absolute atomic E-state index is 5.47. The van der Waals surface area contributed by atoms with Gasteiger partial charge in [0, 0.05) is 43.7 Å². The Kier molecular flexibility index (Phi) is 15.3. The normalized spacial score (nSPS) is 17.2. The Balaban J connectivity index is 0.00000529. The highest BCUT2D eigenvalue weighted by atomic mass is 127. The number of hydrogen-bond donors (Lipinski definition) is 2. The molecule has 0 radical (unpaired) electrons.